The summed E-state index contributed by atoms with van der Waals surface area (Å²) < 4.78 is 55.2. The lowest BCUT2D eigenvalue weighted by Crippen LogP contribution is -2.55. The first-order valence-electron chi connectivity index (χ1n) is 16.3. The second-order valence-electron chi connectivity index (χ2n) is 12.2. The largest absolute Gasteiger partial charge is 0.390 e. The smallest absolute Gasteiger partial charge is 0.252 e. The molecule has 1 unspecified atom stereocenters. The summed E-state index contributed by atoms with van der Waals surface area (Å²) in [5.41, 5.74) is 8.36. The van der Waals surface area contributed by atoms with Gasteiger partial charge in [-0.2, -0.15) is 0 Å². The van der Waals surface area contributed by atoms with Crippen LogP contribution in [0.25, 0.3) is 0 Å². The summed E-state index contributed by atoms with van der Waals surface area (Å²) in [6.07, 6.45) is 1.31. The van der Waals surface area contributed by atoms with Gasteiger partial charge in [-0.05, 0) is 72.7 Å². The topological polar surface area (TPSA) is 130 Å². The number of sulfone groups is 1. The van der Waals surface area contributed by atoms with Crippen LogP contribution in [0.5, 0.6) is 0 Å². The molecule has 0 bridgehead atoms. The molecule has 262 valence electrons. The first-order valence-corrected chi connectivity index (χ1v) is 18.4. The lowest BCUT2D eigenvalue weighted by molar-refractivity contribution is -0.135. The first kappa shape index (κ1) is 39.1. The van der Waals surface area contributed by atoms with Crippen LogP contribution >= 0.6 is 11.6 Å². The van der Waals surface area contributed by atoms with Crippen molar-refractivity contribution < 1.29 is 31.9 Å². The minimum atomic E-state index is -3.88. The van der Waals surface area contributed by atoms with E-state index in [0.29, 0.717) is 31.2 Å². The quantitative estimate of drug-likeness (QED) is 0.158. The Morgan fingerprint density at radius 2 is 1.54 bits per heavy atom. The monoisotopic (exact) mass is 705 g/mol. The van der Waals surface area contributed by atoms with E-state index in [9.17, 15) is 31.9 Å². The standard InChI is InChI=1S/C36H46ClF2N3O5S/c1-4-9-31(10-5-2)48(46,47)23-33(41-35(44)27-13-8-14-28(37)19-27)36(45)42(21-25-12-7-11-24(6-3)15-25)22-34(43)32(40)18-26-16-29(38)20-30(39)17-26/h7-8,11-17,19-20,31-34,43H,4-6,9-10,18,21-23,40H2,1-3H3,(H,41,44)/t32-,33?,34+/m0/s1. The van der Waals surface area contributed by atoms with Crippen LogP contribution in [0.2, 0.25) is 5.02 Å². The molecule has 3 atom stereocenters. The fraction of sp³-hybridized carbons (Fsp3) is 0.444. The fourth-order valence-electron chi connectivity index (χ4n) is 5.68. The summed E-state index contributed by atoms with van der Waals surface area (Å²) in [5.74, 6) is -3.65. The van der Waals surface area contributed by atoms with E-state index in [1.165, 1.54) is 17.0 Å². The number of hydrogen-bond acceptors (Lipinski definition) is 6. The van der Waals surface area contributed by atoms with Gasteiger partial charge in [-0.25, -0.2) is 17.2 Å². The van der Waals surface area contributed by atoms with Gasteiger partial charge in [0.1, 0.15) is 17.7 Å². The SMILES string of the molecule is CCCC(CCC)S(=O)(=O)CC(NC(=O)c1cccc(Cl)c1)C(=O)N(Cc1cccc(CC)c1)C[C@@H](O)[C@@H](N)Cc1cc(F)cc(F)c1. The van der Waals surface area contributed by atoms with Gasteiger partial charge >= 0.3 is 0 Å². The number of carbonyl (C=O) groups is 2. The van der Waals surface area contributed by atoms with Gasteiger partial charge in [0.25, 0.3) is 5.91 Å². The van der Waals surface area contributed by atoms with Crippen molar-refractivity contribution in [2.75, 3.05) is 12.3 Å². The molecule has 0 saturated carbocycles. The van der Waals surface area contributed by atoms with E-state index in [2.05, 4.69) is 5.32 Å². The molecule has 12 heteroatoms. The average molecular weight is 706 g/mol. The molecule has 3 aromatic carbocycles. The zero-order chi connectivity index (χ0) is 35.4. The van der Waals surface area contributed by atoms with Gasteiger partial charge in [-0.15, -0.1) is 0 Å². The van der Waals surface area contributed by atoms with Gasteiger partial charge < -0.3 is 21.1 Å². The van der Waals surface area contributed by atoms with Gasteiger partial charge in [-0.1, -0.05) is 75.5 Å². The van der Waals surface area contributed by atoms with Crippen molar-refractivity contribution >= 4 is 33.3 Å². The Bertz CT molecular complexity index is 1620. The molecule has 2 amide bonds. The van der Waals surface area contributed by atoms with E-state index in [-0.39, 0.29) is 35.7 Å². The molecular formula is C36H46ClF2N3O5S. The molecule has 3 rings (SSSR count). The number of nitrogens with one attached hydrogen (secondary N) is 1. The number of carbonyl (C=O) groups excluding carboxylic acids is 2. The number of halogens is 3. The lowest BCUT2D eigenvalue weighted by Gasteiger charge is -2.32. The van der Waals surface area contributed by atoms with Gasteiger partial charge in [0.2, 0.25) is 5.91 Å². The summed E-state index contributed by atoms with van der Waals surface area (Å²) in [4.78, 5) is 29.1. The minimum absolute atomic E-state index is 0.0258. The number of aryl methyl sites for hydroxylation is 1. The first-order chi connectivity index (χ1) is 22.8. The zero-order valence-corrected chi connectivity index (χ0v) is 29.2. The van der Waals surface area contributed by atoms with Crippen molar-refractivity contribution in [3.63, 3.8) is 0 Å². The second kappa shape index (κ2) is 18.4. The van der Waals surface area contributed by atoms with Crippen molar-refractivity contribution in [3.8, 4) is 0 Å². The van der Waals surface area contributed by atoms with Crippen molar-refractivity contribution in [1.82, 2.24) is 10.2 Å². The van der Waals surface area contributed by atoms with Crippen LogP contribution in [-0.2, 0) is 34.0 Å². The van der Waals surface area contributed by atoms with Crippen LogP contribution in [0.4, 0.5) is 8.78 Å². The van der Waals surface area contributed by atoms with Crippen LogP contribution in [-0.4, -0.2) is 66.0 Å². The molecule has 4 N–H and O–H groups in total. The number of aliphatic hydroxyl groups excluding tert-OH is 1. The molecule has 8 nitrogen and oxygen atoms in total. The highest BCUT2D eigenvalue weighted by Gasteiger charge is 2.36. The summed E-state index contributed by atoms with van der Waals surface area (Å²) in [6, 6.07) is 13.9. The summed E-state index contributed by atoms with van der Waals surface area (Å²) >= 11 is 6.10. The van der Waals surface area contributed by atoms with Crippen LogP contribution < -0.4 is 11.1 Å². The Labute approximate surface area is 287 Å². The summed E-state index contributed by atoms with van der Waals surface area (Å²) in [6.45, 7) is 5.38. The number of nitrogens with two attached hydrogens (primary N) is 1. The van der Waals surface area contributed by atoms with Gasteiger partial charge in [0, 0.05) is 35.8 Å². The van der Waals surface area contributed by atoms with Gasteiger partial charge in [0.15, 0.2) is 9.84 Å². The molecule has 0 fully saturated rings. The number of nitrogens with zero attached hydrogens (tertiary/aromatic N) is 1. The molecule has 0 spiro atoms. The van der Waals surface area contributed by atoms with E-state index in [1.54, 1.807) is 18.2 Å². The van der Waals surface area contributed by atoms with E-state index in [1.807, 2.05) is 39.0 Å². The Kier molecular flexibility index (Phi) is 15.0. The van der Waals surface area contributed by atoms with Crippen LogP contribution in [0.15, 0.2) is 66.7 Å². The maximum atomic E-state index is 14.4. The highest BCUT2D eigenvalue weighted by molar-refractivity contribution is 7.92. The molecule has 0 aliphatic rings. The number of amides is 2. The predicted octanol–water partition coefficient (Wildman–Crippen LogP) is 5.62. The maximum Gasteiger partial charge on any atom is 0.252 e. The fourth-order valence-corrected chi connectivity index (χ4v) is 8.02. The summed E-state index contributed by atoms with van der Waals surface area (Å²) in [7, 11) is -3.88. The van der Waals surface area contributed by atoms with E-state index >= 15 is 0 Å². The van der Waals surface area contributed by atoms with Gasteiger partial charge in [-0.3, -0.25) is 9.59 Å². The number of rotatable bonds is 18. The lowest BCUT2D eigenvalue weighted by atomic mass is 10.0. The minimum Gasteiger partial charge on any atom is -0.390 e. The van der Waals surface area contributed by atoms with E-state index < -0.39 is 62.5 Å². The van der Waals surface area contributed by atoms with E-state index in [4.69, 9.17) is 17.3 Å². The van der Waals surface area contributed by atoms with Gasteiger partial charge in [0.05, 0.1) is 17.1 Å². The number of benzene rings is 3. The van der Waals surface area contributed by atoms with Crippen molar-refractivity contribution in [1.29, 1.82) is 0 Å². The zero-order valence-electron chi connectivity index (χ0n) is 27.7. The third-order valence-electron chi connectivity index (χ3n) is 8.20. The molecule has 48 heavy (non-hydrogen) atoms. The van der Waals surface area contributed by atoms with Crippen LogP contribution in [0.3, 0.4) is 0 Å². The van der Waals surface area contributed by atoms with Crippen molar-refractivity contribution in [3.05, 3.63) is 106 Å². The molecule has 0 radical (unpaired) electrons. The normalized spacial score (nSPS) is 13.6. The van der Waals surface area contributed by atoms with E-state index in [0.717, 1.165) is 30.2 Å². The summed E-state index contributed by atoms with van der Waals surface area (Å²) in [5, 5.41) is 13.4. The Hall–Kier alpha value is -3.38. The number of hydrogen-bond donors (Lipinski definition) is 3. The molecule has 0 aliphatic heterocycles. The molecule has 0 saturated heterocycles. The molecular weight excluding hydrogens is 660 g/mol. The third-order valence-corrected chi connectivity index (χ3v) is 10.7. The molecule has 0 heterocycles. The van der Waals surface area contributed by atoms with Crippen LogP contribution in [0.1, 0.15) is 73.5 Å². The molecule has 0 aliphatic carbocycles. The Morgan fingerprint density at radius 1 is 0.917 bits per heavy atom. The molecule has 3 aromatic rings. The second-order valence-corrected chi connectivity index (χ2v) is 14.9. The highest BCUT2D eigenvalue weighted by Crippen LogP contribution is 2.20. The Balaban J connectivity index is 2.00. The Morgan fingerprint density at radius 3 is 2.15 bits per heavy atom. The number of aliphatic hydroxyl groups is 1. The highest BCUT2D eigenvalue weighted by atomic mass is 35.5. The average Bonchev–Trinajstić information content (AvgIpc) is 3.03. The van der Waals surface area contributed by atoms with Crippen molar-refractivity contribution in [2.45, 2.75) is 89.3 Å². The van der Waals surface area contributed by atoms with Crippen LogP contribution in [0, 0.1) is 11.6 Å². The predicted molar refractivity (Wildman–Crippen MR) is 185 cm³/mol. The maximum absolute atomic E-state index is 14.4. The molecule has 0 aromatic heterocycles. The van der Waals surface area contributed by atoms with Crippen molar-refractivity contribution in [2.24, 2.45) is 5.73 Å². The third kappa shape index (κ3) is 11.6.